The van der Waals surface area contributed by atoms with Crippen LogP contribution >= 0.6 is 11.6 Å². The van der Waals surface area contributed by atoms with Gasteiger partial charge in [-0.3, -0.25) is 0 Å². The van der Waals surface area contributed by atoms with E-state index in [1.165, 1.54) is 6.07 Å². The molecule has 1 saturated carbocycles. The second kappa shape index (κ2) is 2.38. The van der Waals surface area contributed by atoms with Gasteiger partial charge in [0.15, 0.2) is 0 Å². The van der Waals surface area contributed by atoms with Crippen LogP contribution < -0.4 is 0 Å². The Hall–Kier alpha value is -0.730. The highest BCUT2D eigenvalue weighted by Crippen LogP contribution is 2.48. The molecule has 0 aromatic heterocycles. The first-order valence-corrected chi connectivity index (χ1v) is 4.21. The maximum absolute atomic E-state index is 9.69. The number of phenols is 1. The molecule has 1 aliphatic rings. The molecule has 0 atom stereocenters. The largest absolute Gasteiger partial charge is 0.508 e. The van der Waals surface area contributed by atoms with Crippen LogP contribution in [0.15, 0.2) is 18.2 Å². The van der Waals surface area contributed by atoms with Crippen LogP contribution in [0.5, 0.6) is 5.75 Å². The molecule has 0 bridgehead atoms. The van der Waals surface area contributed by atoms with Crippen LogP contribution in [0.2, 0.25) is 5.02 Å². The van der Waals surface area contributed by atoms with Crippen molar-refractivity contribution in [1.82, 2.24) is 0 Å². The van der Waals surface area contributed by atoms with Crippen LogP contribution in [-0.4, -0.2) is 10.2 Å². The van der Waals surface area contributed by atoms with E-state index in [9.17, 15) is 10.2 Å². The van der Waals surface area contributed by atoms with E-state index >= 15 is 0 Å². The van der Waals surface area contributed by atoms with E-state index in [-0.39, 0.29) is 5.75 Å². The molecular formula is C9H9ClO2. The number of halogens is 1. The quantitative estimate of drug-likeness (QED) is 0.701. The summed E-state index contributed by atoms with van der Waals surface area (Å²) in [6.07, 6.45) is 1.42. The first kappa shape index (κ1) is 7.90. The van der Waals surface area contributed by atoms with E-state index < -0.39 is 5.60 Å². The molecule has 0 spiro atoms. The third-order valence-corrected chi connectivity index (χ3v) is 2.42. The molecule has 1 fully saturated rings. The Morgan fingerprint density at radius 3 is 2.58 bits per heavy atom. The zero-order valence-electron chi connectivity index (χ0n) is 6.42. The van der Waals surface area contributed by atoms with E-state index in [1.807, 2.05) is 0 Å². The van der Waals surface area contributed by atoms with Gasteiger partial charge in [-0.15, -0.1) is 0 Å². The number of rotatable bonds is 1. The van der Waals surface area contributed by atoms with Crippen LogP contribution in [0, 0.1) is 0 Å². The number of phenolic OH excluding ortho intramolecular Hbond substituents is 1. The molecule has 12 heavy (non-hydrogen) atoms. The van der Waals surface area contributed by atoms with Crippen LogP contribution in [0.25, 0.3) is 0 Å². The van der Waals surface area contributed by atoms with Gasteiger partial charge in [0.05, 0.1) is 5.60 Å². The van der Waals surface area contributed by atoms with Crippen molar-refractivity contribution < 1.29 is 10.2 Å². The lowest BCUT2D eigenvalue weighted by molar-refractivity contribution is 0.148. The minimum Gasteiger partial charge on any atom is -0.508 e. The molecule has 1 aliphatic carbocycles. The molecule has 0 saturated heterocycles. The van der Waals surface area contributed by atoms with Gasteiger partial charge in [0, 0.05) is 10.6 Å². The lowest BCUT2D eigenvalue weighted by atomic mass is 10.1. The molecule has 1 aromatic rings. The fourth-order valence-electron chi connectivity index (χ4n) is 1.27. The normalized spacial score (nSPS) is 19.2. The molecule has 1 aromatic carbocycles. The first-order chi connectivity index (χ1) is 5.62. The van der Waals surface area contributed by atoms with Crippen LogP contribution in [-0.2, 0) is 5.60 Å². The average molecular weight is 185 g/mol. The molecule has 64 valence electrons. The van der Waals surface area contributed by atoms with Gasteiger partial charge in [-0.2, -0.15) is 0 Å². The maximum atomic E-state index is 9.69. The smallest absolute Gasteiger partial charge is 0.121 e. The SMILES string of the molecule is Oc1ccc(Cl)cc1C1(O)CC1. The number of aromatic hydroxyl groups is 1. The number of aliphatic hydroxyl groups is 1. The van der Waals surface area contributed by atoms with Gasteiger partial charge in [-0.25, -0.2) is 0 Å². The Morgan fingerprint density at radius 1 is 1.33 bits per heavy atom. The zero-order valence-corrected chi connectivity index (χ0v) is 7.17. The summed E-state index contributed by atoms with van der Waals surface area (Å²) in [5.74, 6) is 0.124. The topological polar surface area (TPSA) is 40.5 Å². The van der Waals surface area contributed by atoms with E-state index in [2.05, 4.69) is 0 Å². The van der Waals surface area contributed by atoms with Gasteiger partial charge in [0.2, 0.25) is 0 Å². The fraction of sp³-hybridized carbons (Fsp3) is 0.333. The highest BCUT2D eigenvalue weighted by molar-refractivity contribution is 6.30. The van der Waals surface area contributed by atoms with E-state index in [1.54, 1.807) is 12.1 Å². The Bertz CT molecular complexity index is 318. The summed E-state index contributed by atoms with van der Waals surface area (Å²) >= 11 is 5.73. The molecule has 0 amide bonds. The molecule has 0 heterocycles. The van der Waals surface area contributed by atoms with Crippen molar-refractivity contribution >= 4 is 11.6 Å². The summed E-state index contributed by atoms with van der Waals surface area (Å²) in [5, 5.41) is 19.6. The highest BCUT2D eigenvalue weighted by Gasteiger charge is 2.44. The van der Waals surface area contributed by atoms with Crippen LogP contribution in [0.4, 0.5) is 0 Å². The van der Waals surface area contributed by atoms with Crippen molar-refractivity contribution in [1.29, 1.82) is 0 Å². The first-order valence-electron chi connectivity index (χ1n) is 3.83. The zero-order chi connectivity index (χ0) is 8.77. The molecule has 0 aliphatic heterocycles. The van der Waals surface area contributed by atoms with Crippen molar-refractivity contribution in [2.45, 2.75) is 18.4 Å². The molecule has 2 rings (SSSR count). The summed E-state index contributed by atoms with van der Waals surface area (Å²) in [5.41, 5.74) is -0.260. The fourth-order valence-corrected chi connectivity index (χ4v) is 1.44. The highest BCUT2D eigenvalue weighted by atomic mass is 35.5. The van der Waals surface area contributed by atoms with Gasteiger partial charge < -0.3 is 10.2 Å². The molecule has 2 N–H and O–H groups in total. The molecule has 0 unspecified atom stereocenters. The molecule has 3 heteroatoms. The van der Waals surface area contributed by atoms with Crippen LogP contribution in [0.3, 0.4) is 0 Å². The predicted octanol–water partition coefficient (Wildman–Crippen LogP) is 2.03. The van der Waals surface area contributed by atoms with Crippen molar-refractivity contribution in [2.75, 3.05) is 0 Å². The van der Waals surface area contributed by atoms with Crippen molar-refractivity contribution in [2.24, 2.45) is 0 Å². The van der Waals surface area contributed by atoms with Gasteiger partial charge in [-0.1, -0.05) is 11.6 Å². The van der Waals surface area contributed by atoms with Gasteiger partial charge in [0.25, 0.3) is 0 Å². The van der Waals surface area contributed by atoms with E-state index in [0.29, 0.717) is 23.4 Å². The molecule has 2 nitrogen and oxygen atoms in total. The Morgan fingerprint density at radius 2 is 2.00 bits per heavy atom. The Kier molecular flexibility index (Phi) is 1.56. The Labute approximate surface area is 75.4 Å². The van der Waals surface area contributed by atoms with Gasteiger partial charge >= 0.3 is 0 Å². The van der Waals surface area contributed by atoms with E-state index in [0.717, 1.165) is 0 Å². The molecular weight excluding hydrogens is 176 g/mol. The summed E-state index contributed by atoms with van der Waals surface area (Å²) in [4.78, 5) is 0. The minimum atomic E-state index is -0.811. The second-order valence-electron chi connectivity index (χ2n) is 3.19. The summed E-state index contributed by atoms with van der Waals surface area (Å²) < 4.78 is 0. The number of benzene rings is 1. The lowest BCUT2D eigenvalue weighted by Crippen LogP contribution is -2.03. The average Bonchev–Trinajstić information content (AvgIpc) is 2.75. The van der Waals surface area contributed by atoms with Gasteiger partial charge in [0.1, 0.15) is 5.75 Å². The van der Waals surface area contributed by atoms with Crippen molar-refractivity contribution in [3.63, 3.8) is 0 Å². The standard InChI is InChI=1S/C9H9ClO2/c10-6-1-2-8(11)7(5-6)9(12)3-4-9/h1-2,5,11-12H,3-4H2. The van der Waals surface area contributed by atoms with Gasteiger partial charge in [-0.05, 0) is 31.0 Å². The Balaban J connectivity index is 2.48. The third-order valence-electron chi connectivity index (χ3n) is 2.18. The summed E-state index contributed by atoms with van der Waals surface area (Å²) in [7, 11) is 0. The maximum Gasteiger partial charge on any atom is 0.121 e. The predicted molar refractivity (Wildman–Crippen MR) is 46.2 cm³/mol. The summed E-state index contributed by atoms with van der Waals surface area (Å²) in [6, 6.07) is 4.73. The number of hydrogen-bond acceptors (Lipinski definition) is 2. The third kappa shape index (κ3) is 1.17. The lowest BCUT2D eigenvalue weighted by Gasteiger charge is -2.09. The monoisotopic (exact) mass is 184 g/mol. The molecule has 0 radical (unpaired) electrons. The summed E-state index contributed by atoms with van der Waals surface area (Å²) in [6.45, 7) is 0. The van der Waals surface area contributed by atoms with Crippen molar-refractivity contribution in [3.8, 4) is 5.75 Å². The van der Waals surface area contributed by atoms with E-state index in [4.69, 9.17) is 11.6 Å². The minimum absolute atomic E-state index is 0.124. The number of hydrogen-bond donors (Lipinski definition) is 2. The second-order valence-corrected chi connectivity index (χ2v) is 3.63. The van der Waals surface area contributed by atoms with Crippen LogP contribution in [0.1, 0.15) is 18.4 Å². The van der Waals surface area contributed by atoms with Crippen molar-refractivity contribution in [3.05, 3.63) is 28.8 Å².